The van der Waals surface area contributed by atoms with Crippen molar-refractivity contribution in [3.8, 4) is 5.69 Å². The molecule has 3 heterocycles. The number of pyridine rings is 1. The number of rotatable bonds is 6. The smallest absolute Gasteiger partial charge is 0.170 e. The molecule has 0 bridgehead atoms. The van der Waals surface area contributed by atoms with Crippen LogP contribution in [0.25, 0.3) is 5.69 Å². The van der Waals surface area contributed by atoms with E-state index in [1.54, 1.807) is 19.4 Å². The second-order valence-corrected chi connectivity index (χ2v) is 7.94. The van der Waals surface area contributed by atoms with E-state index in [1.165, 1.54) is 0 Å². The van der Waals surface area contributed by atoms with E-state index in [2.05, 4.69) is 25.8 Å². The minimum Gasteiger partial charge on any atom is -0.383 e. The van der Waals surface area contributed by atoms with E-state index in [4.69, 9.17) is 40.2 Å². The van der Waals surface area contributed by atoms with Gasteiger partial charge >= 0.3 is 0 Å². The number of nitrogens with zero attached hydrogens (tertiary/aromatic N) is 3. The molecule has 1 aromatic carbocycles. The van der Waals surface area contributed by atoms with Crippen molar-refractivity contribution in [3.05, 3.63) is 82.4 Å². The van der Waals surface area contributed by atoms with Crippen LogP contribution in [0.1, 0.15) is 23.5 Å². The highest BCUT2D eigenvalue weighted by molar-refractivity contribution is 7.80. The predicted molar refractivity (Wildman–Crippen MR) is 120 cm³/mol. The molecule has 4 rings (SSSR count). The molecular weight excluding hydrogens is 427 g/mol. The summed E-state index contributed by atoms with van der Waals surface area (Å²) >= 11 is 18.3. The van der Waals surface area contributed by atoms with Crippen LogP contribution in [0.5, 0.6) is 0 Å². The zero-order valence-corrected chi connectivity index (χ0v) is 18.1. The van der Waals surface area contributed by atoms with Gasteiger partial charge in [0, 0.05) is 36.8 Å². The standard InChI is InChI=1S/C21H20Cl2N4OS/c1-28-12-11-27-20(19(25-21(27)29)16-5-2-3-9-24-16)18-6-4-10-26(18)17-8-7-14(22)13-15(17)23/h2-10,13,19-20H,11-12H2,1H3,(H,25,29). The topological polar surface area (TPSA) is 42.3 Å². The third-order valence-corrected chi connectivity index (χ3v) is 5.88. The van der Waals surface area contributed by atoms with Gasteiger partial charge in [-0.3, -0.25) is 4.98 Å². The van der Waals surface area contributed by atoms with Gasteiger partial charge in [-0.1, -0.05) is 29.3 Å². The van der Waals surface area contributed by atoms with E-state index in [1.807, 2.05) is 42.6 Å². The molecule has 1 saturated heterocycles. The zero-order valence-electron chi connectivity index (χ0n) is 15.8. The summed E-state index contributed by atoms with van der Waals surface area (Å²) in [5.41, 5.74) is 2.84. The van der Waals surface area contributed by atoms with Crippen molar-refractivity contribution in [2.75, 3.05) is 20.3 Å². The molecule has 2 aromatic heterocycles. The Bertz CT molecular complexity index is 1010. The Hall–Kier alpha value is -2.12. The quantitative estimate of drug-likeness (QED) is 0.550. The molecule has 0 spiro atoms. The summed E-state index contributed by atoms with van der Waals surface area (Å²) in [5, 5.41) is 5.31. The molecule has 0 amide bonds. The van der Waals surface area contributed by atoms with Gasteiger partial charge in [0.15, 0.2) is 5.11 Å². The largest absolute Gasteiger partial charge is 0.383 e. The van der Waals surface area contributed by atoms with Gasteiger partial charge < -0.3 is 19.5 Å². The van der Waals surface area contributed by atoms with Crippen LogP contribution < -0.4 is 5.32 Å². The Kier molecular flexibility index (Phi) is 6.06. The molecule has 1 aliphatic rings. The molecule has 8 heteroatoms. The molecule has 2 atom stereocenters. The number of aromatic nitrogens is 2. The van der Waals surface area contributed by atoms with Gasteiger partial charge in [-0.2, -0.15) is 0 Å². The summed E-state index contributed by atoms with van der Waals surface area (Å²) in [5.74, 6) is 0. The Morgan fingerprint density at radius 3 is 2.76 bits per heavy atom. The second kappa shape index (κ2) is 8.71. The molecule has 0 saturated carbocycles. The van der Waals surface area contributed by atoms with Gasteiger partial charge in [-0.05, 0) is 54.7 Å². The van der Waals surface area contributed by atoms with E-state index in [9.17, 15) is 0 Å². The van der Waals surface area contributed by atoms with Crippen LogP contribution in [0.15, 0.2) is 60.9 Å². The van der Waals surface area contributed by atoms with E-state index in [-0.39, 0.29) is 12.1 Å². The molecule has 1 aliphatic heterocycles. The third-order valence-electron chi connectivity index (χ3n) is 4.99. The number of thiocarbonyl (C=S) groups is 1. The molecule has 1 N–H and O–H groups in total. The van der Waals surface area contributed by atoms with Gasteiger partial charge in [0.05, 0.1) is 35.1 Å². The average molecular weight is 447 g/mol. The fraction of sp³-hybridized carbons (Fsp3) is 0.238. The molecule has 2 unspecified atom stereocenters. The summed E-state index contributed by atoms with van der Waals surface area (Å²) in [6.07, 6.45) is 3.79. The van der Waals surface area contributed by atoms with Crippen LogP contribution in [0.4, 0.5) is 0 Å². The first-order valence-corrected chi connectivity index (χ1v) is 10.4. The Balaban J connectivity index is 1.81. The number of ether oxygens (including phenoxy) is 1. The van der Waals surface area contributed by atoms with Crippen molar-refractivity contribution in [2.24, 2.45) is 0 Å². The van der Waals surface area contributed by atoms with E-state index in [0.717, 1.165) is 17.1 Å². The summed E-state index contributed by atoms with van der Waals surface area (Å²) < 4.78 is 7.40. The second-order valence-electron chi connectivity index (χ2n) is 6.71. The molecule has 29 heavy (non-hydrogen) atoms. The monoisotopic (exact) mass is 446 g/mol. The SMILES string of the molecule is COCCN1C(=S)NC(c2ccccn2)C1c1cccn1-c1ccc(Cl)cc1Cl. The summed E-state index contributed by atoms with van der Waals surface area (Å²) in [4.78, 5) is 6.72. The average Bonchev–Trinajstić information content (AvgIpc) is 3.31. The molecule has 1 fully saturated rings. The highest BCUT2D eigenvalue weighted by Crippen LogP contribution is 2.40. The maximum absolute atomic E-state index is 6.51. The van der Waals surface area contributed by atoms with Crippen LogP contribution in [0.2, 0.25) is 10.0 Å². The molecule has 3 aromatic rings. The molecule has 0 radical (unpaired) electrons. The number of methoxy groups -OCH3 is 1. The molecular formula is C21H20Cl2N4OS. The van der Waals surface area contributed by atoms with E-state index < -0.39 is 0 Å². The minimum absolute atomic E-state index is 0.0747. The summed E-state index contributed by atoms with van der Waals surface area (Å²) in [7, 11) is 1.69. The van der Waals surface area contributed by atoms with Crippen LogP contribution in [-0.4, -0.2) is 39.8 Å². The van der Waals surface area contributed by atoms with Crippen LogP contribution in [0.3, 0.4) is 0 Å². The Labute approximate surface area is 185 Å². The van der Waals surface area contributed by atoms with Gasteiger partial charge in [-0.15, -0.1) is 0 Å². The van der Waals surface area contributed by atoms with Crippen molar-refractivity contribution < 1.29 is 4.74 Å². The fourth-order valence-electron chi connectivity index (χ4n) is 3.69. The number of halogens is 2. The molecule has 0 aliphatic carbocycles. The van der Waals surface area contributed by atoms with Crippen LogP contribution in [0, 0.1) is 0 Å². The lowest BCUT2D eigenvalue weighted by atomic mass is 10.0. The van der Waals surface area contributed by atoms with Crippen molar-refractivity contribution in [3.63, 3.8) is 0 Å². The highest BCUT2D eigenvalue weighted by atomic mass is 35.5. The van der Waals surface area contributed by atoms with Crippen LogP contribution >= 0.6 is 35.4 Å². The molecule has 150 valence electrons. The lowest BCUT2D eigenvalue weighted by Crippen LogP contribution is -2.33. The third kappa shape index (κ3) is 3.98. The van der Waals surface area contributed by atoms with Crippen molar-refractivity contribution in [1.29, 1.82) is 0 Å². The first kappa shape index (κ1) is 20.2. The number of hydrogen-bond donors (Lipinski definition) is 1. The zero-order chi connectivity index (χ0) is 20.4. The number of hydrogen-bond acceptors (Lipinski definition) is 3. The maximum Gasteiger partial charge on any atom is 0.170 e. The first-order valence-electron chi connectivity index (χ1n) is 9.20. The lowest BCUT2D eigenvalue weighted by Gasteiger charge is -2.29. The van der Waals surface area contributed by atoms with E-state index in [0.29, 0.717) is 28.3 Å². The number of benzene rings is 1. The van der Waals surface area contributed by atoms with Gasteiger partial charge in [0.2, 0.25) is 0 Å². The predicted octanol–water partition coefficient (Wildman–Crippen LogP) is 4.80. The summed E-state index contributed by atoms with van der Waals surface area (Å²) in [6, 6.07) is 15.3. The van der Waals surface area contributed by atoms with Crippen molar-refractivity contribution in [2.45, 2.75) is 12.1 Å². The minimum atomic E-state index is -0.0970. The number of nitrogens with one attached hydrogen (secondary N) is 1. The maximum atomic E-state index is 6.51. The van der Waals surface area contributed by atoms with Gasteiger partial charge in [-0.25, -0.2) is 0 Å². The van der Waals surface area contributed by atoms with Crippen LogP contribution in [-0.2, 0) is 4.74 Å². The van der Waals surface area contributed by atoms with E-state index >= 15 is 0 Å². The van der Waals surface area contributed by atoms with Gasteiger partial charge in [0.25, 0.3) is 0 Å². The van der Waals surface area contributed by atoms with Gasteiger partial charge in [0.1, 0.15) is 0 Å². The first-order chi connectivity index (χ1) is 14.1. The fourth-order valence-corrected chi connectivity index (χ4v) is 4.52. The Morgan fingerprint density at radius 1 is 1.17 bits per heavy atom. The summed E-state index contributed by atoms with van der Waals surface area (Å²) in [6.45, 7) is 1.23. The normalized spacial score (nSPS) is 18.9. The lowest BCUT2D eigenvalue weighted by molar-refractivity contribution is 0.163. The van der Waals surface area contributed by atoms with Crippen molar-refractivity contribution >= 4 is 40.5 Å². The van der Waals surface area contributed by atoms with Crippen molar-refractivity contribution in [1.82, 2.24) is 19.8 Å². The molecule has 5 nitrogen and oxygen atoms in total. The Morgan fingerprint density at radius 2 is 2.03 bits per heavy atom. The highest BCUT2D eigenvalue weighted by Gasteiger charge is 2.41.